The molecule has 0 spiro atoms. The fourth-order valence-electron chi connectivity index (χ4n) is 1.53. The van der Waals surface area contributed by atoms with Gasteiger partial charge in [0.05, 0.1) is 0 Å². The maximum Gasteiger partial charge on any atom is 0.150 e. The smallest absolute Gasteiger partial charge is 0.150 e. The van der Waals surface area contributed by atoms with Crippen molar-refractivity contribution in [3.63, 3.8) is 0 Å². The Morgan fingerprint density at radius 2 is 1.41 bits per heavy atom. The highest BCUT2D eigenvalue weighted by Crippen LogP contribution is 2.34. The number of hydrogen-bond acceptors (Lipinski definition) is 1. The predicted octanol–water partition coefficient (Wildman–Crippen LogP) is 5.13. The number of aldehydes is 1. The summed E-state index contributed by atoms with van der Waals surface area (Å²) < 4.78 is 0. The summed E-state index contributed by atoms with van der Waals surface area (Å²) in [6, 6.07) is 10.3. The minimum absolute atomic E-state index is 0.485. The van der Waals surface area contributed by atoms with Crippen molar-refractivity contribution in [1.29, 1.82) is 0 Å². The molecular formula is C13H7Cl3O. The Morgan fingerprint density at radius 1 is 0.824 bits per heavy atom. The summed E-state index contributed by atoms with van der Waals surface area (Å²) in [5, 5.41) is 1.58. The Balaban J connectivity index is 2.56. The van der Waals surface area contributed by atoms with Crippen LogP contribution < -0.4 is 0 Å². The van der Waals surface area contributed by atoms with Gasteiger partial charge in [-0.1, -0.05) is 53.0 Å². The van der Waals surface area contributed by atoms with Crippen LogP contribution in [0, 0.1) is 0 Å². The second-order valence-electron chi connectivity index (χ2n) is 3.48. The largest absolute Gasteiger partial charge is 0.298 e. The molecule has 0 aromatic heterocycles. The Labute approximate surface area is 114 Å². The summed E-state index contributed by atoms with van der Waals surface area (Å²) in [7, 11) is 0. The number of benzene rings is 2. The first-order valence-corrected chi connectivity index (χ1v) is 5.95. The number of halogens is 3. The van der Waals surface area contributed by atoms with E-state index in [4.69, 9.17) is 34.8 Å². The van der Waals surface area contributed by atoms with Gasteiger partial charge in [-0.3, -0.25) is 4.79 Å². The second kappa shape index (κ2) is 5.09. The van der Waals surface area contributed by atoms with Gasteiger partial charge in [-0.15, -0.1) is 0 Å². The second-order valence-corrected chi connectivity index (χ2v) is 4.73. The molecule has 0 fully saturated rings. The molecule has 0 atom stereocenters. The maximum absolute atomic E-state index is 10.6. The fourth-order valence-corrected chi connectivity index (χ4v) is 2.33. The van der Waals surface area contributed by atoms with E-state index in [2.05, 4.69) is 0 Å². The molecule has 0 aliphatic heterocycles. The van der Waals surface area contributed by atoms with Crippen LogP contribution in [-0.4, -0.2) is 6.29 Å². The van der Waals surface area contributed by atoms with Crippen LogP contribution >= 0.6 is 34.8 Å². The van der Waals surface area contributed by atoms with Crippen molar-refractivity contribution in [2.45, 2.75) is 0 Å². The zero-order valence-electron chi connectivity index (χ0n) is 8.58. The molecule has 0 saturated carbocycles. The van der Waals surface area contributed by atoms with Gasteiger partial charge < -0.3 is 0 Å². The first-order valence-electron chi connectivity index (χ1n) is 4.82. The van der Waals surface area contributed by atoms with Gasteiger partial charge >= 0.3 is 0 Å². The van der Waals surface area contributed by atoms with Crippen molar-refractivity contribution in [2.24, 2.45) is 0 Å². The summed E-state index contributed by atoms with van der Waals surface area (Å²) in [5.41, 5.74) is 2.10. The van der Waals surface area contributed by atoms with E-state index < -0.39 is 0 Å². The zero-order valence-corrected chi connectivity index (χ0v) is 10.9. The molecule has 2 aromatic rings. The van der Waals surface area contributed by atoms with E-state index in [-0.39, 0.29) is 0 Å². The van der Waals surface area contributed by atoms with Gasteiger partial charge in [0.2, 0.25) is 0 Å². The van der Waals surface area contributed by atoms with E-state index >= 15 is 0 Å². The first kappa shape index (κ1) is 12.4. The lowest BCUT2D eigenvalue weighted by molar-refractivity contribution is 0.112. The van der Waals surface area contributed by atoms with Crippen LogP contribution in [0.25, 0.3) is 11.1 Å². The van der Waals surface area contributed by atoms with Crippen LogP contribution in [-0.2, 0) is 0 Å². The van der Waals surface area contributed by atoms with E-state index in [9.17, 15) is 4.79 Å². The molecule has 0 bridgehead atoms. The minimum atomic E-state index is 0.485. The van der Waals surface area contributed by atoms with Crippen LogP contribution in [0.5, 0.6) is 0 Å². The van der Waals surface area contributed by atoms with Crippen molar-refractivity contribution in [3.8, 4) is 11.1 Å². The molecule has 2 aromatic carbocycles. The molecule has 4 heteroatoms. The lowest BCUT2D eigenvalue weighted by atomic mass is 10.0. The van der Waals surface area contributed by atoms with Crippen molar-refractivity contribution < 1.29 is 4.79 Å². The Kier molecular flexibility index (Phi) is 3.72. The van der Waals surface area contributed by atoms with Crippen molar-refractivity contribution in [2.75, 3.05) is 0 Å². The van der Waals surface area contributed by atoms with Crippen molar-refractivity contribution >= 4 is 41.1 Å². The maximum atomic E-state index is 10.6. The van der Waals surface area contributed by atoms with Crippen LogP contribution in [0.15, 0.2) is 36.4 Å². The van der Waals surface area contributed by atoms with Crippen LogP contribution in [0.1, 0.15) is 10.4 Å². The zero-order chi connectivity index (χ0) is 12.4. The topological polar surface area (TPSA) is 17.1 Å². The highest BCUT2D eigenvalue weighted by atomic mass is 35.5. The normalized spacial score (nSPS) is 10.3. The SMILES string of the molecule is O=Cc1ccc(-c2ccc(Cl)cc2Cl)c(Cl)c1. The third kappa shape index (κ3) is 2.63. The monoisotopic (exact) mass is 284 g/mol. The standard InChI is InChI=1S/C13H7Cl3O/c14-9-2-4-11(13(16)6-9)10-3-1-8(7-17)5-12(10)15/h1-7H. The molecule has 1 nitrogen and oxygen atoms in total. The lowest BCUT2D eigenvalue weighted by Crippen LogP contribution is -1.85. The third-order valence-corrected chi connectivity index (χ3v) is 3.21. The van der Waals surface area contributed by atoms with Gasteiger partial charge in [0.25, 0.3) is 0 Å². The summed E-state index contributed by atoms with van der Waals surface area (Å²) in [5.74, 6) is 0. The molecule has 0 saturated heterocycles. The predicted molar refractivity (Wildman–Crippen MR) is 72.3 cm³/mol. The van der Waals surface area contributed by atoms with Gasteiger partial charge in [-0.05, 0) is 18.2 Å². The minimum Gasteiger partial charge on any atom is -0.298 e. The molecule has 86 valence electrons. The van der Waals surface area contributed by atoms with Gasteiger partial charge in [-0.25, -0.2) is 0 Å². The first-order chi connectivity index (χ1) is 8.11. The number of rotatable bonds is 2. The van der Waals surface area contributed by atoms with E-state index in [0.29, 0.717) is 20.6 Å². The average Bonchev–Trinajstić information content (AvgIpc) is 2.30. The van der Waals surface area contributed by atoms with Gasteiger partial charge in [-0.2, -0.15) is 0 Å². The summed E-state index contributed by atoms with van der Waals surface area (Å²) in [4.78, 5) is 10.6. The number of hydrogen-bond donors (Lipinski definition) is 0. The average molecular weight is 286 g/mol. The summed E-state index contributed by atoms with van der Waals surface area (Å²) >= 11 is 18.0. The summed E-state index contributed by atoms with van der Waals surface area (Å²) in [6.45, 7) is 0. The molecule has 0 amide bonds. The Morgan fingerprint density at radius 3 is 1.94 bits per heavy atom. The quantitative estimate of drug-likeness (QED) is 0.699. The van der Waals surface area contributed by atoms with E-state index in [1.165, 1.54) is 0 Å². The van der Waals surface area contributed by atoms with Gasteiger partial charge in [0.1, 0.15) is 6.29 Å². The lowest BCUT2D eigenvalue weighted by Gasteiger charge is -2.07. The highest BCUT2D eigenvalue weighted by molar-refractivity contribution is 6.38. The fraction of sp³-hybridized carbons (Fsp3) is 0. The molecule has 0 N–H and O–H groups in total. The van der Waals surface area contributed by atoms with Gasteiger partial charge in [0.15, 0.2) is 0 Å². The number of carbonyl (C=O) groups excluding carboxylic acids is 1. The molecule has 0 aliphatic rings. The van der Waals surface area contributed by atoms with E-state index in [1.807, 2.05) is 0 Å². The van der Waals surface area contributed by atoms with Crippen molar-refractivity contribution in [3.05, 3.63) is 57.0 Å². The Hall–Kier alpha value is -1.02. The summed E-state index contributed by atoms with van der Waals surface area (Å²) in [6.07, 6.45) is 0.749. The van der Waals surface area contributed by atoms with Crippen LogP contribution in [0.4, 0.5) is 0 Å². The van der Waals surface area contributed by atoms with Crippen LogP contribution in [0.2, 0.25) is 15.1 Å². The van der Waals surface area contributed by atoms with Crippen molar-refractivity contribution in [1.82, 2.24) is 0 Å². The van der Waals surface area contributed by atoms with E-state index in [0.717, 1.165) is 17.4 Å². The third-order valence-electron chi connectivity index (χ3n) is 2.35. The van der Waals surface area contributed by atoms with E-state index in [1.54, 1.807) is 36.4 Å². The molecule has 0 unspecified atom stereocenters. The number of carbonyl (C=O) groups is 1. The molecular weight excluding hydrogens is 279 g/mol. The molecule has 0 radical (unpaired) electrons. The van der Waals surface area contributed by atoms with Crippen LogP contribution in [0.3, 0.4) is 0 Å². The molecule has 2 rings (SSSR count). The van der Waals surface area contributed by atoms with Gasteiger partial charge in [0, 0.05) is 31.8 Å². The Bertz CT molecular complexity index is 579. The molecule has 0 aliphatic carbocycles. The molecule has 17 heavy (non-hydrogen) atoms. The molecule has 0 heterocycles. The highest BCUT2D eigenvalue weighted by Gasteiger charge is 2.08.